The maximum Gasteiger partial charge on any atom is 0.337 e. The van der Waals surface area contributed by atoms with E-state index in [4.69, 9.17) is 16.3 Å². The lowest BCUT2D eigenvalue weighted by Gasteiger charge is -2.37. The number of carbonyl (C=O) groups is 2. The Morgan fingerprint density at radius 2 is 1.88 bits per heavy atom. The molecule has 1 N–H and O–H groups in total. The Kier molecular flexibility index (Phi) is 6.71. The van der Waals surface area contributed by atoms with Crippen LogP contribution < -0.4 is 5.32 Å². The first kappa shape index (κ1) is 23.2. The molecule has 0 spiro atoms. The van der Waals surface area contributed by atoms with Crippen LogP contribution in [0.3, 0.4) is 0 Å². The SMILES string of the molecule is CC[C@H](C)OC(=O)C1=C(C)NC2=C(C(=O)C[C@H](c3ccc(Cl)cc3)C2)[C@H]1c1ccccc1F. The van der Waals surface area contributed by atoms with Gasteiger partial charge in [0.1, 0.15) is 5.82 Å². The molecule has 0 unspecified atom stereocenters. The Bertz CT molecular complexity index is 1150. The van der Waals surface area contributed by atoms with Gasteiger partial charge in [0.05, 0.1) is 17.6 Å². The summed E-state index contributed by atoms with van der Waals surface area (Å²) in [5, 5.41) is 3.93. The summed E-state index contributed by atoms with van der Waals surface area (Å²) in [7, 11) is 0. The molecule has 1 aliphatic heterocycles. The normalized spacial score (nSPS) is 21.4. The van der Waals surface area contributed by atoms with Crippen LogP contribution >= 0.6 is 11.6 Å². The van der Waals surface area contributed by atoms with Gasteiger partial charge in [0.15, 0.2) is 5.78 Å². The van der Waals surface area contributed by atoms with Crippen molar-refractivity contribution in [3.8, 4) is 0 Å². The molecule has 0 saturated carbocycles. The molecule has 33 heavy (non-hydrogen) atoms. The third kappa shape index (κ3) is 4.60. The zero-order valence-electron chi connectivity index (χ0n) is 19.0. The van der Waals surface area contributed by atoms with Crippen LogP contribution in [0.25, 0.3) is 0 Å². The first-order chi connectivity index (χ1) is 15.8. The highest BCUT2D eigenvalue weighted by molar-refractivity contribution is 6.30. The number of Topliss-reactive ketones (excluding diaryl/α,β-unsaturated/α-hetero) is 1. The number of benzene rings is 2. The van der Waals surface area contributed by atoms with Crippen LogP contribution in [0.5, 0.6) is 0 Å². The third-order valence-corrected chi connectivity index (χ3v) is 6.74. The smallest absolute Gasteiger partial charge is 0.337 e. The molecule has 0 bridgehead atoms. The third-order valence-electron chi connectivity index (χ3n) is 6.49. The van der Waals surface area contributed by atoms with Gasteiger partial charge >= 0.3 is 5.97 Å². The van der Waals surface area contributed by atoms with Crippen LogP contribution in [0.1, 0.15) is 63.0 Å². The first-order valence-electron chi connectivity index (χ1n) is 11.2. The molecule has 2 aromatic carbocycles. The number of hydrogen-bond donors (Lipinski definition) is 1. The summed E-state index contributed by atoms with van der Waals surface area (Å²) in [6, 6.07) is 13.8. The van der Waals surface area contributed by atoms with Gasteiger partial charge in [0.2, 0.25) is 0 Å². The standard InChI is InChI=1S/C27H27ClFNO3/c1-4-15(2)33-27(32)24-16(3)30-22-13-18(17-9-11-19(28)12-10-17)14-23(31)26(22)25(24)20-7-5-6-8-21(20)29/h5-12,15,18,25,30H,4,13-14H2,1-3H3/t15-,18+,25-/m0/s1. The lowest BCUT2D eigenvalue weighted by atomic mass is 9.71. The van der Waals surface area contributed by atoms with E-state index in [-0.39, 0.29) is 29.8 Å². The van der Waals surface area contributed by atoms with E-state index in [2.05, 4.69) is 5.32 Å². The zero-order valence-corrected chi connectivity index (χ0v) is 19.7. The lowest BCUT2D eigenvalue weighted by molar-refractivity contribution is -0.144. The Hall–Kier alpha value is -2.92. The van der Waals surface area contributed by atoms with E-state index in [1.165, 1.54) is 6.07 Å². The minimum Gasteiger partial charge on any atom is -0.459 e. The number of ketones is 1. The van der Waals surface area contributed by atoms with Gasteiger partial charge in [-0.25, -0.2) is 9.18 Å². The number of esters is 1. The quantitative estimate of drug-likeness (QED) is 0.533. The number of halogens is 2. The topological polar surface area (TPSA) is 55.4 Å². The fraction of sp³-hybridized carbons (Fsp3) is 0.333. The number of nitrogens with one attached hydrogen (secondary N) is 1. The number of rotatable bonds is 5. The highest BCUT2D eigenvalue weighted by Gasteiger charge is 2.42. The van der Waals surface area contributed by atoms with Gasteiger partial charge in [-0.3, -0.25) is 4.79 Å². The summed E-state index contributed by atoms with van der Waals surface area (Å²) in [5.74, 6) is -1.91. The highest BCUT2D eigenvalue weighted by Crippen LogP contribution is 2.46. The van der Waals surface area contributed by atoms with E-state index in [0.717, 1.165) is 11.3 Å². The van der Waals surface area contributed by atoms with Gasteiger partial charge in [0, 0.05) is 34.0 Å². The molecule has 1 aliphatic carbocycles. The summed E-state index contributed by atoms with van der Waals surface area (Å²) in [6.45, 7) is 5.52. The van der Waals surface area contributed by atoms with Gasteiger partial charge in [-0.1, -0.05) is 48.9 Å². The number of dihydropyridines is 1. The summed E-state index contributed by atoms with van der Waals surface area (Å²) in [6.07, 6.45) is 1.23. The molecule has 2 aliphatic rings. The van der Waals surface area contributed by atoms with Gasteiger partial charge in [-0.15, -0.1) is 0 Å². The van der Waals surface area contributed by atoms with E-state index in [9.17, 15) is 14.0 Å². The molecule has 0 amide bonds. The van der Waals surface area contributed by atoms with E-state index >= 15 is 0 Å². The molecular formula is C27H27ClFNO3. The predicted octanol–water partition coefficient (Wildman–Crippen LogP) is 6.18. The van der Waals surface area contributed by atoms with Crippen LogP contribution in [-0.4, -0.2) is 17.9 Å². The maximum absolute atomic E-state index is 15.0. The predicted molar refractivity (Wildman–Crippen MR) is 126 cm³/mol. The number of carbonyl (C=O) groups excluding carboxylic acids is 2. The Labute approximate surface area is 198 Å². The molecule has 4 rings (SSSR count). The fourth-order valence-corrected chi connectivity index (χ4v) is 4.76. The molecule has 1 heterocycles. The van der Waals surface area contributed by atoms with Gasteiger partial charge < -0.3 is 10.1 Å². The second-order valence-electron chi connectivity index (χ2n) is 8.71. The lowest BCUT2D eigenvalue weighted by Crippen LogP contribution is -2.36. The summed E-state index contributed by atoms with van der Waals surface area (Å²) in [5.41, 5.74) is 3.38. The molecule has 0 radical (unpaired) electrons. The van der Waals surface area contributed by atoms with Crippen molar-refractivity contribution >= 4 is 23.4 Å². The minimum absolute atomic E-state index is 0.0243. The maximum atomic E-state index is 15.0. The second kappa shape index (κ2) is 9.52. The van der Waals surface area contributed by atoms with Gasteiger partial charge in [-0.05, 0) is 56.4 Å². The molecule has 0 aromatic heterocycles. The summed E-state index contributed by atoms with van der Waals surface area (Å²) >= 11 is 6.03. The fourth-order valence-electron chi connectivity index (χ4n) is 4.63. The number of hydrogen-bond acceptors (Lipinski definition) is 4. The summed E-state index contributed by atoms with van der Waals surface area (Å²) < 4.78 is 20.6. The Morgan fingerprint density at radius 3 is 2.55 bits per heavy atom. The Morgan fingerprint density at radius 1 is 1.18 bits per heavy atom. The van der Waals surface area contributed by atoms with Crippen molar-refractivity contribution in [3.63, 3.8) is 0 Å². The van der Waals surface area contributed by atoms with Crippen LogP contribution in [0.4, 0.5) is 4.39 Å². The molecule has 172 valence electrons. The molecule has 6 heteroatoms. The average Bonchev–Trinajstić information content (AvgIpc) is 2.78. The van der Waals surface area contributed by atoms with Crippen molar-refractivity contribution in [1.82, 2.24) is 5.32 Å². The van der Waals surface area contributed by atoms with Gasteiger partial charge in [0.25, 0.3) is 0 Å². The van der Waals surface area contributed by atoms with Crippen LogP contribution in [0.15, 0.2) is 71.1 Å². The van der Waals surface area contributed by atoms with Crippen molar-refractivity contribution < 1.29 is 18.7 Å². The number of ether oxygens (including phenoxy) is 1. The van der Waals surface area contributed by atoms with E-state index < -0.39 is 17.7 Å². The first-order valence-corrected chi connectivity index (χ1v) is 11.6. The molecule has 0 fully saturated rings. The zero-order chi connectivity index (χ0) is 23.7. The van der Waals surface area contributed by atoms with Gasteiger partial charge in [-0.2, -0.15) is 0 Å². The molecule has 0 saturated heterocycles. The van der Waals surface area contributed by atoms with Crippen molar-refractivity contribution in [2.75, 3.05) is 0 Å². The van der Waals surface area contributed by atoms with Crippen LogP contribution in [0.2, 0.25) is 5.02 Å². The largest absolute Gasteiger partial charge is 0.459 e. The molecule has 2 aromatic rings. The second-order valence-corrected chi connectivity index (χ2v) is 9.15. The van der Waals surface area contributed by atoms with E-state index in [1.807, 2.05) is 38.1 Å². The molecule has 4 nitrogen and oxygen atoms in total. The van der Waals surface area contributed by atoms with Crippen molar-refractivity contribution in [2.45, 2.75) is 58.0 Å². The Balaban J connectivity index is 1.79. The molecule has 3 atom stereocenters. The van der Waals surface area contributed by atoms with Crippen molar-refractivity contribution in [3.05, 3.63) is 93.0 Å². The highest BCUT2D eigenvalue weighted by atomic mass is 35.5. The van der Waals surface area contributed by atoms with Crippen LogP contribution in [0, 0.1) is 5.82 Å². The van der Waals surface area contributed by atoms with E-state index in [0.29, 0.717) is 34.7 Å². The number of allylic oxidation sites excluding steroid dienone is 3. The van der Waals surface area contributed by atoms with Crippen molar-refractivity contribution in [1.29, 1.82) is 0 Å². The van der Waals surface area contributed by atoms with Crippen LogP contribution in [-0.2, 0) is 14.3 Å². The molecular weight excluding hydrogens is 441 g/mol. The minimum atomic E-state index is -0.808. The average molecular weight is 468 g/mol. The van der Waals surface area contributed by atoms with E-state index in [1.54, 1.807) is 25.1 Å². The van der Waals surface area contributed by atoms with Crippen molar-refractivity contribution in [2.24, 2.45) is 0 Å². The summed E-state index contributed by atoms with van der Waals surface area (Å²) in [4.78, 5) is 26.7. The monoisotopic (exact) mass is 467 g/mol.